The monoisotopic (exact) mass is 502 g/mol. The Morgan fingerprint density at radius 1 is 1.14 bits per heavy atom. The number of benzene rings is 1. The van der Waals surface area contributed by atoms with Crippen LogP contribution in [0, 0.1) is 13.8 Å². The van der Waals surface area contributed by atoms with Gasteiger partial charge in [0.15, 0.2) is 5.82 Å². The predicted molar refractivity (Wildman–Crippen MR) is 139 cm³/mol. The zero-order valence-electron chi connectivity index (χ0n) is 21.5. The lowest BCUT2D eigenvalue weighted by Gasteiger charge is -2.32. The zero-order valence-corrected chi connectivity index (χ0v) is 21.5. The first-order valence-corrected chi connectivity index (χ1v) is 13.4. The summed E-state index contributed by atoms with van der Waals surface area (Å²) in [6, 6.07) is 9.83. The molecule has 2 fully saturated rings. The highest BCUT2D eigenvalue weighted by Gasteiger charge is 2.35. The first-order chi connectivity index (χ1) is 18.1. The second-order valence-electron chi connectivity index (χ2n) is 10.5. The van der Waals surface area contributed by atoms with E-state index < -0.39 is 6.04 Å². The number of pyridine rings is 1. The van der Waals surface area contributed by atoms with Crippen molar-refractivity contribution in [1.82, 2.24) is 30.1 Å². The summed E-state index contributed by atoms with van der Waals surface area (Å²) in [6.07, 6.45) is 8.21. The molecular formula is C28H34N6O3. The molecule has 1 aliphatic carbocycles. The topological polar surface area (TPSA) is 102 Å². The maximum atomic E-state index is 13.8. The van der Waals surface area contributed by atoms with Crippen LogP contribution in [0.4, 0.5) is 0 Å². The number of hydrogen-bond acceptors (Lipinski definition) is 7. The van der Waals surface area contributed by atoms with Crippen LogP contribution in [0.5, 0.6) is 0 Å². The molecule has 4 aromatic rings. The van der Waals surface area contributed by atoms with E-state index in [0.29, 0.717) is 24.5 Å². The number of tetrazole rings is 1. The number of nitrogens with one attached hydrogen (secondary N) is 1. The molecule has 37 heavy (non-hydrogen) atoms. The Labute approximate surface area is 215 Å². The minimum absolute atomic E-state index is 0.0804. The molecule has 2 atom stereocenters. The summed E-state index contributed by atoms with van der Waals surface area (Å²) in [5, 5.41) is 14.2. The van der Waals surface area contributed by atoms with Gasteiger partial charge >= 0.3 is 0 Å². The Balaban J connectivity index is 1.53. The van der Waals surface area contributed by atoms with E-state index in [4.69, 9.17) is 9.15 Å². The largest absolute Gasteiger partial charge is 0.468 e. The number of aryl methyl sites for hydroxylation is 2. The molecule has 0 amide bonds. The van der Waals surface area contributed by atoms with Gasteiger partial charge in [0.25, 0.3) is 5.56 Å². The lowest BCUT2D eigenvalue weighted by molar-refractivity contribution is 0.0541. The number of aromatic amines is 1. The quantitative estimate of drug-likeness (QED) is 0.375. The standard InChI is InChI=1S/C28H34N6O3/c1-18-11-12-19(2)25-23(18)15-24(28(35)29-25)26(27-30-31-32-34(27)20-7-3-4-8-20)33(16-21-9-5-13-36-21)17-22-10-6-14-37-22/h5,9,11-13,15,20,22,26H,3-4,6-8,10,14,16-17H2,1-2H3,(H,29,35). The molecule has 0 spiro atoms. The highest BCUT2D eigenvalue weighted by atomic mass is 16.5. The molecule has 0 radical (unpaired) electrons. The second kappa shape index (κ2) is 10.2. The molecule has 1 aromatic carbocycles. The van der Waals surface area contributed by atoms with Crippen LogP contribution in [0.25, 0.3) is 10.9 Å². The highest BCUT2D eigenvalue weighted by Crippen LogP contribution is 2.35. The van der Waals surface area contributed by atoms with Gasteiger partial charge in [-0.1, -0.05) is 25.0 Å². The average Bonchev–Trinajstić information content (AvgIpc) is 3.70. The third kappa shape index (κ3) is 4.73. The van der Waals surface area contributed by atoms with Crippen LogP contribution >= 0.6 is 0 Å². The summed E-state index contributed by atoms with van der Waals surface area (Å²) < 4.78 is 13.8. The van der Waals surface area contributed by atoms with Crippen molar-refractivity contribution in [3.05, 3.63) is 75.2 Å². The molecule has 9 heteroatoms. The summed E-state index contributed by atoms with van der Waals surface area (Å²) in [4.78, 5) is 19.2. The predicted octanol–water partition coefficient (Wildman–Crippen LogP) is 4.61. The molecule has 0 bridgehead atoms. The average molecular weight is 503 g/mol. The molecule has 1 saturated heterocycles. The van der Waals surface area contributed by atoms with Gasteiger partial charge in [0.1, 0.15) is 11.8 Å². The number of rotatable bonds is 8. The zero-order chi connectivity index (χ0) is 25.4. The SMILES string of the molecule is Cc1ccc(C)c2[nH]c(=O)c(C(c3nnnn3C3CCCC3)N(Cc3ccco3)CC3CCCO3)cc12. The molecule has 4 heterocycles. The van der Waals surface area contributed by atoms with Crippen molar-refractivity contribution >= 4 is 10.9 Å². The number of fused-ring (bicyclic) bond motifs is 1. The molecule has 1 saturated carbocycles. The molecule has 194 valence electrons. The summed E-state index contributed by atoms with van der Waals surface area (Å²) in [6.45, 7) is 6.02. The van der Waals surface area contributed by atoms with Gasteiger partial charge in [-0.15, -0.1) is 5.10 Å². The van der Waals surface area contributed by atoms with E-state index in [-0.39, 0.29) is 17.7 Å². The van der Waals surface area contributed by atoms with Crippen LogP contribution in [-0.4, -0.2) is 49.3 Å². The Hall–Kier alpha value is -3.30. The molecule has 1 aliphatic heterocycles. The van der Waals surface area contributed by atoms with E-state index in [1.165, 1.54) is 0 Å². The number of H-pyrrole nitrogens is 1. The van der Waals surface area contributed by atoms with Crippen molar-refractivity contribution in [3.63, 3.8) is 0 Å². The maximum Gasteiger partial charge on any atom is 0.253 e. The lowest BCUT2D eigenvalue weighted by Crippen LogP contribution is -2.39. The summed E-state index contributed by atoms with van der Waals surface area (Å²) in [5.74, 6) is 1.53. The fraction of sp³-hybridized carbons (Fsp3) is 0.500. The van der Waals surface area contributed by atoms with Gasteiger partial charge in [-0.05, 0) is 79.3 Å². The smallest absolute Gasteiger partial charge is 0.253 e. The normalized spacial score (nSPS) is 19.4. The van der Waals surface area contributed by atoms with Crippen molar-refractivity contribution in [2.45, 2.75) is 77.1 Å². The van der Waals surface area contributed by atoms with Crippen molar-refractivity contribution in [1.29, 1.82) is 0 Å². The van der Waals surface area contributed by atoms with Gasteiger partial charge in [0, 0.05) is 24.1 Å². The Morgan fingerprint density at radius 2 is 1.97 bits per heavy atom. The molecular weight excluding hydrogens is 468 g/mol. The molecule has 3 aromatic heterocycles. The summed E-state index contributed by atoms with van der Waals surface area (Å²) >= 11 is 0. The molecule has 9 nitrogen and oxygen atoms in total. The third-order valence-electron chi connectivity index (χ3n) is 7.97. The van der Waals surface area contributed by atoms with E-state index in [0.717, 1.165) is 72.9 Å². The van der Waals surface area contributed by atoms with E-state index in [1.54, 1.807) is 6.26 Å². The van der Waals surface area contributed by atoms with E-state index >= 15 is 0 Å². The van der Waals surface area contributed by atoms with Gasteiger partial charge in [-0.25, -0.2) is 4.68 Å². The van der Waals surface area contributed by atoms with Gasteiger partial charge in [0.2, 0.25) is 0 Å². The summed E-state index contributed by atoms with van der Waals surface area (Å²) in [7, 11) is 0. The van der Waals surface area contributed by atoms with Crippen molar-refractivity contribution < 1.29 is 9.15 Å². The van der Waals surface area contributed by atoms with Crippen LogP contribution in [0.3, 0.4) is 0 Å². The van der Waals surface area contributed by atoms with Crippen LogP contribution in [0.2, 0.25) is 0 Å². The highest BCUT2D eigenvalue weighted by molar-refractivity contribution is 5.85. The Kier molecular flexibility index (Phi) is 6.65. The van der Waals surface area contributed by atoms with Gasteiger partial charge in [0.05, 0.1) is 30.5 Å². The first-order valence-electron chi connectivity index (χ1n) is 13.4. The fourth-order valence-corrected chi connectivity index (χ4v) is 6.00. The van der Waals surface area contributed by atoms with Crippen LogP contribution in [-0.2, 0) is 11.3 Å². The van der Waals surface area contributed by atoms with Gasteiger partial charge < -0.3 is 14.1 Å². The van der Waals surface area contributed by atoms with Crippen molar-refractivity contribution in [3.8, 4) is 0 Å². The van der Waals surface area contributed by atoms with Crippen LogP contribution in [0.1, 0.15) is 78.9 Å². The number of furan rings is 1. The second-order valence-corrected chi connectivity index (χ2v) is 10.5. The number of aromatic nitrogens is 5. The van der Waals surface area contributed by atoms with E-state index in [1.807, 2.05) is 35.9 Å². The minimum atomic E-state index is -0.460. The third-order valence-corrected chi connectivity index (χ3v) is 7.97. The van der Waals surface area contributed by atoms with Crippen LogP contribution < -0.4 is 5.56 Å². The molecule has 1 N–H and O–H groups in total. The molecule has 6 rings (SSSR count). The molecule has 2 aliphatic rings. The first kappa shape index (κ1) is 24.1. The van der Waals surface area contributed by atoms with Gasteiger partial charge in [-0.2, -0.15) is 0 Å². The van der Waals surface area contributed by atoms with E-state index in [2.05, 4.69) is 38.4 Å². The van der Waals surface area contributed by atoms with Gasteiger partial charge in [-0.3, -0.25) is 9.69 Å². The summed E-state index contributed by atoms with van der Waals surface area (Å²) in [5.41, 5.74) is 3.55. The van der Waals surface area contributed by atoms with E-state index in [9.17, 15) is 4.79 Å². The minimum Gasteiger partial charge on any atom is -0.468 e. The Morgan fingerprint density at radius 3 is 2.73 bits per heavy atom. The fourth-order valence-electron chi connectivity index (χ4n) is 6.00. The van der Waals surface area contributed by atoms with Crippen molar-refractivity contribution in [2.75, 3.05) is 13.2 Å². The number of hydrogen-bond donors (Lipinski definition) is 1. The Bertz CT molecular complexity index is 1410. The lowest BCUT2D eigenvalue weighted by atomic mass is 9.98. The number of nitrogens with zero attached hydrogens (tertiary/aromatic N) is 5. The van der Waals surface area contributed by atoms with Crippen molar-refractivity contribution in [2.24, 2.45) is 0 Å². The molecule has 2 unspecified atom stereocenters. The maximum absolute atomic E-state index is 13.8. The number of ether oxygens (including phenoxy) is 1. The van der Waals surface area contributed by atoms with Crippen LogP contribution in [0.15, 0.2) is 45.8 Å².